The molecule has 0 bridgehead atoms. The molecule has 1 unspecified atom stereocenters. The number of carbonyl (C=O) groups is 1. The summed E-state index contributed by atoms with van der Waals surface area (Å²) in [5.74, 6) is 0.724. The summed E-state index contributed by atoms with van der Waals surface area (Å²) in [6.45, 7) is 5.80. The number of aromatic nitrogens is 1. The summed E-state index contributed by atoms with van der Waals surface area (Å²) in [5, 5.41) is 6.08. The topological polar surface area (TPSA) is 57.3 Å². The summed E-state index contributed by atoms with van der Waals surface area (Å²) < 4.78 is 0. The number of carbonyl (C=O) groups excluding carboxylic acids is 1. The lowest BCUT2D eigenvalue weighted by molar-refractivity contribution is 0.0936. The van der Waals surface area contributed by atoms with Crippen molar-refractivity contribution in [3.63, 3.8) is 0 Å². The van der Waals surface area contributed by atoms with Crippen LogP contribution in [0.1, 0.15) is 30.6 Å². The molecule has 1 aromatic heterocycles. The highest BCUT2D eigenvalue weighted by atomic mass is 16.1. The third-order valence-corrected chi connectivity index (χ3v) is 2.77. The van der Waals surface area contributed by atoms with Gasteiger partial charge in [-0.1, -0.05) is 0 Å². The van der Waals surface area contributed by atoms with Crippen LogP contribution in [0.25, 0.3) is 0 Å². The number of pyridine rings is 1. The molecule has 106 valence electrons. The second-order valence-corrected chi connectivity index (χ2v) is 4.93. The molecule has 1 heterocycles. The van der Waals surface area contributed by atoms with Crippen LogP contribution in [0.3, 0.4) is 0 Å². The normalized spacial score (nSPS) is 12.3. The molecule has 0 radical (unpaired) electrons. The van der Waals surface area contributed by atoms with Crippen molar-refractivity contribution in [1.82, 2.24) is 15.2 Å². The SMILES string of the molecule is CCNc1ccc(C(=O)NC(C)CCN(C)C)cn1. The Kier molecular flexibility index (Phi) is 6.29. The lowest BCUT2D eigenvalue weighted by atomic mass is 10.2. The van der Waals surface area contributed by atoms with Crippen molar-refractivity contribution in [3.05, 3.63) is 23.9 Å². The molecule has 1 aromatic rings. The van der Waals surface area contributed by atoms with Gasteiger partial charge in [0.15, 0.2) is 0 Å². The van der Waals surface area contributed by atoms with E-state index in [0.717, 1.165) is 25.3 Å². The van der Waals surface area contributed by atoms with Gasteiger partial charge in [0.05, 0.1) is 5.56 Å². The second kappa shape index (κ2) is 7.74. The highest BCUT2D eigenvalue weighted by molar-refractivity contribution is 5.94. The molecule has 0 aliphatic rings. The van der Waals surface area contributed by atoms with Crippen LogP contribution in [-0.4, -0.2) is 49.0 Å². The van der Waals surface area contributed by atoms with E-state index < -0.39 is 0 Å². The molecule has 5 nitrogen and oxygen atoms in total. The van der Waals surface area contributed by atoms with E-state index in [2.05, 4.69) is 20.5 Å². The third-order valence-electron chi connectivity index (χ3n) is 2.77. The van der Waals surface area contributed by atoms with Gasteiger partial charge in [0.25, 0.3) is 5.91 Å². The van der Waals surface area contributed by atoms with Crippen molar-refractivity contribution in [2.75, 3.05) is 32.5 Å². The van der Waals surface area contributed by atoms with Gasteiger partial charge in [0.1, 0.15) is 5.82 Å². The first-order chi connectivity index (χ1) is 9.02. The second-order valence-electron chi connectivity index (χ2n) is 4.93. The molecular weight excluding hydrogens is 240 g/mol. The summed E-state index contributed by atoms with van der Waals surface area (Å²) in [6, 6.07) is 3.77. The Bertz CT molecular complexity index is 389. The lowest BCUT2D eigenvalue weighted by Gasteiger charge is -2.16. The standard InChI is InChI=1S/C14H24N4O/c1-5-15-13-7-6-12(10-16-13)14(19)17-11(2)8-9-18(3)4/h6-7,10-11H,5,8-9H2,1-4H3,(H,15,16)(H,17,19). The van der Waals surface area contributed by atoms with Crippen molar-refractivity contribution < 1.29 is 4.79 Å². The fourth-order valence-electron chi connectivity index (χ4n) is 1.65. The van der Waals surface area contributed by atoms with Gasteiger partial charge < -0.3 is 15.5 Å². The van der Waals surface area contributed by atoms with E-state index in [1.54, 1.807) is 12.3 Å². The first kappa shape index (κ1) is 15.4. The Morgan fingerprint density at radius 1 is 1.42 bits per heavy atom. The zero-order valence-electron chi connectivity index (χ0n) is 12.2. The molecule has 0 fully saturated rings. The van der Waals surface area contributed by atoms with E-state index >= 15 is 0 Å². The third kappa shape index (κ3) is 5.70. The molecule has 0 aliphatic heterocycles. The van der Waals surface area contributed by atoms with Crippen LogP contribution in [0.2, 0.25) is 0 Å². The summed E-state index contributed by atoms with van der Waals surface area (Å²) in [7, 11) is 4.05. The molecule has 0 saturated heterocycles. The minimum absolute atomic E-state index is 0.0678. The lowest BCUT2D eigenvalue weighted by Crippen LogP contribution is -2.34. The summed E-state index contributed by atoms with van der Waals surface area (Å²) in [6.07, 6.45) is 2.54. The van der Waals surface area contributed by atoms with Crippen LogP contribution in [-0.2, 0) is 0 Å². The predicted molar refractivity (Wildman–Crippen MR) is 78.5 cm³/mol. The maximum absolute atomic E-state index is 12.0. The average Bonchev–Trinajstić information content (AvgIpc) is 2.37. The molecule has 0 aliphatic carbocycles. The first-order valence-corrected chi connectivity index (χ1v) is 6.68. The predicted octanol–water partition coefficient (Wildman–Crippen LogP) is 1.58. The zero-order chi connectivity index (χ0) is 14.3. The van der Waals surface area contributed by atoms with Gasteiger partial charge in [-0.25, -0.2) is 4.98 Å². The largest absolute Gasteiger partial charge is 0.370 e. The molecule has 1 atom stereocenters. The van der Waals surface area contributed by atoms with Crippen LogP contribution in [0.5, 0.6) is 0 Å². The fraction of sp³-hybridized carbons (Fsp3) is 0.571. The van der Waals surface area contributed by atoms with E-state index in [1.165, 1.54) is 0 Å². The number of hydrogen-bond donors (Lipinski definition) is 2. The minimum Gasteiger partial charge on any atom is -0.370 e. The van der Waals surface area contributed by atoms with Crippen molar-refractivity contribution in [1.29, 1.82) is 0 Å². The zero-order valence-corrected chi connectivity index (χ0v) is 12.2. The molecule has 0 saturated carbocycles. The Labute approximate surface area is 115 Å². The molecular formula is C14H24N4O. The summed E-state index contributed by atoms with van der Waals surface area (Å²) >= 11 is 0. The van der Waals surface area contributed by atoms with Crippen LogP contribution >= 0.6 is 0 Å². The number of nitrogens with one attached hydrogen (secondary N) is 2. The number of nitrogens with zero attached hydrogens (tertiary/aromatic N) is 2. The van der Waals surface area contributed by atoms with E-state index in [4.69, 9.17) is 0 Å². The maximum atomic E-state index is 12.0. The Morgan fingerprint density at radius 2 is 2.16 bits per heavy atom. The Balaban J connectivity index is 2.48. The van der Waals surface area contributed by atoms with E-state index in [-0.39, 0.29) is 11.9 Å². The number of amides is 1. The highest BCUT2D eigenvalue weighted by Gasteiger charge is 2.10. The summed E-state index contributed by atoms with van der Waals surface area (Å²) in [5.41, 5.74) is 0.596. The quantitative estimate of drug-likeness (QED) is 0.785. The molecule has 1 rings (SSSR count). The summed E-state index contributed by atoms with van der Waals surface area (Å²) in [4.78, 5) is 18.3. The van der Waals surface area contributed by atoms with Gasteiger partial charge >= 0.3 is 0 Å². The van der Waals surface area contributed by atoms with Gasteiger partial charge in [-0.05, 0) is 53.0 Å². The highest BCUT2D eigenvalue weighted by Crippen LogP contribution is 2.05. The van der Waals surface area contributed by atoms with Gasteiger partial charge in [-0.2, -0.15) is 0 Å². The Morgan fingerprint density at radius 3 is 2.68 bits per heavy atom. The van der Waals surface area contributed by atoms with Crippen LogP contribution in [0.4, 0.5) is 5.82 Å². The van der Waals surface area contributed by atoms with E-state index in [1.807, 2.05) is 34.0 Å². The smallest absolute Gasteiger partial charge is 0.253 e. The molecule has 0 aromatic carbocycles. The van der Waals surface area contributed by atoms with Crippen molar-refractivity contribution in [2.45, 2.75) is 26.3 Å². The molecule has 2 N–H and O–H groups in total. The molecule has 1 amide bonds. The average molecular weight is 264 g/mol. The molecule has 0 spiro atoms. The van der Waals surface area contributed by atoms with Crippen LogP contribution < -0.4 is 10.6 Å². The maximum Gasteiger partial charge on any atom is 0.253 e. The minimum atomic E-state index is -0.0678. The van der Waals surface area contributed by atoms with Gasteiger partial charge in [0, 0.05) is 18.8 Å². The van der Waals surface area contributed by atoms with E-state index in [9.17, 15) is 4.79 Å². The van der Waals surface area contributed by atoms with Gasteiger partial charge in [0.2, 0.25) is 0 Å². The molecule has 19 heavy (non-hydrogen) atoms. The number of anilines is 1. The van der Waals surface area contributed by atoms with Crippen molar-refractivity contribution in [2.24, 2.45) is 0 Å². The first-order valence-electron chi connectivity index (χ1n) is 6.68. The van der Waals surface area contributed by atoms with Crippen molar-refractivity contribution >= 4 is 11.7 Å². The Hall–Kier alpha value is -1.62. The van der Waals surface area contributed by atoms with Crippen LogP contribution in [0, 0.1) is 0 Å². The monoisotopic (exact) mass is 264 g/mol. The molecule has 5 heteroatoms. The fourth-order valence-corrected chi connectivity index (χ4v) is 1.65. The van der Waals surface area contributed by atoms with Crippen LogP contribution in [0.15, 0.2) is 18.3 Å². The van der Waals surface area contributed by atoms with Gasteiger partial charge in [-0.3, -0.25) is 4.79 Å². The van der Waals surface area contributed by atoms with Crippen molar-refractivity contribution in [3.8, 4) is 0 Å². The number of rotatable bonds is 7. The van der Waals surface area contributed by atoms with Gasteiger partial charge in [-0.15, -0.1) is 0 Å². The van der Waals surface area contributed by atoms with E-state index in [0.29, 0.717) is 5.56 Å². The number of hydrogen-bond acceptors (Lipinski definition) is 4.